The molecule has 3 heterocycles. The van der Waals surface area contributed by atoms with Gasteiger partial charge in [-0.15, -0.1) is 0 Å². The summed E-state index contributed by atoms with van der Waals surface area (Å²) in [6, 6.07) is 11.6. The highest BCUT2D eigenvalue weighted by atomic mass is 16.5. The van der Waals surface area contributed by atoms with Crippen molar-refractivity contribution in [2.24, 2.45) is 0 Å². The minimum atomic E-state index is -0.616. The molecule has 1 aliphatic rings. The van der Waals surface area contributed by atoms with Crippen molar-refractivity contribution in [2.45, 2.75) is 19.6 Å². The molecule has 4 rings (SSSR count). The van der Waals surface area contributed by atoms with E-state index in [0.717, 1.165) is 0 Å². The molecule has 36 heavy (non-hydrogen) atoms. The summed E-state index contributed by atoms with van der Waals surface area (Å²) in [6.07, 6.45) is 1.90. The number of methoxy groups -OCH3 is 3. The first-order valence-corrected chi connectivity index (χ1v) is 11.4. The monoisotopic (exact) mass is 493 g/mol. The quantitative estimate of drug-likeness (QED) is 0.462. The van der Waals surface area contributed by atoms with E-state index < -0.39 is 5.97 Å². The Morgan fingerprint density at radius 2 is 1.75 bits per heavy atom. The third-order valence-electron chi connectivity index (χ3n) is 6.00. The van der Waals surface area contributed by atoms with Gasteiger partial charge in [0.05, 0.1) is 27.0 Å². The zero-order valence-electron chi connectivity index (χ0n) is 20.4. The van der Waals surface area contributed by atoms with Gasteiger partial charge in [0.25, 0.3) is 11.5 Å². The number of fused-ring (bicyclic) bond motifs is 1. The van der Waals surface area contributed by atoms with Gasteiger partial charge in [-0.25, -0.2) is 4.79 Å². The average molecular weight is 494 g/mol. The SMILES string of the molecule is COC(=O)c1c(OCc2ccccn2)cc(=O)n2c1CCN(C(=O)c1ccc(OC)c(OC)c1)CC2. The van der Waals surface area contributed by atoms with E-state index >= 15 is 0 Å². The molecular formula is C26H27N3O7. The van der Waals surface area contributed by atoms with Gasteiger partial charge in [-0.3, -0.25) is 14.6 Å². The van der Waals surface area contributed by atoms with Crippen molar-refractivity contribution >= 4 is 11.9 Å². The number of pyridine rings is 2. The van der Waals surface area contributed by atoms with E-state index in [9.17, 15) is 14.4 Å². The molecule has 0 saturated carbocycles. The molecule has 0 spiro atoms. The lowest BCUT2D eigenvalue weighted by atomic mass is 10.1. The van der Waals surface area contributed by atoms with Crippen LogP contribution in [0.2, 0.25) is 0 Å². The summed E-state index contributed by atoms with van der Waals surface area (Å²) in [5.41, 5.74) is 1.39. The van der Waals surface area contributed by atoms with Crippen LogP contribution in [0, 0.1) is 0 Å². The van der Waals surface area contributed by atoms with Crippen molar-refractivity contribution in [3.05, 3.63) is 81.5 Å². The Morgan fingerprint density at radius 1 is 0.944 bits per heavy atom. The first-order valence-electron chi connectivity index (χ1n) is 11.4. The molecule has 0 N–H and O–H groups in total. The van der Waals surface area contributed by atoms with Gasteiger partial charge in [-0.1, -0.05) is 6.07 Å². The fourth-order valence-electron chi connectivity index (χ4n) is 4.18. The molecule has 0 fully saturated rings. The van der Waals surface area contributed by atoms with E-state index in [2.05, 4.69) is 4.98 Å². The molecule has 10 nitrogen and oxygen atoms in total. The van der Waals surface area contributed by atoms with Crippen molar-refractivity contribution < 1.29 is 28.5 Å². The highest BCUT2D eigenvalue weighted by Crippen LogP contribution is 2.29. The Bertz CT molecular complexity index is 1320. The molecule has 10 heteroatoms. The van der Waals surface area contributed by atoms with Crippen LogP contribution in [-0.2, 0) is 24.3 Å². The van der Waals surface area contributed by atoms with Crippen LogP contribution in [0.4, 0.5) is 0 Å². The smallest absolute Gasteiger partial charge is 0.343 e. The molecule has 1 aliphatic heterocycles. The second-order valence-electron chi connectivity index (χ2n) is 8.03. The first-order chi connectivity index (χ1) is 17.5. The Labute approximate surface area is 208 Å². The summed E-state index contributed by atoms with van der Waals surface area (Å²) < 4.78 is 22.9. The Kier molecular flexibility index (Phi) is 7.53. The van der Waals surface area contributed by atoms with Crippen LogP contribution < -0.4 is 19.8 Å². The third kappa shape index (κ3) is 5.02. The van der Waals surface area contributed by atoms with Gasteiger partial charge in [-0.05, 0) is 30.3 Å². The zero-order chi connectivity index (χ0) is 25.7. The van der Waals surface area contributed by atoms with E-state index in [1.807, 2.05) is 6.07 Å². The van der Waals surface area contributed by atoms with E-state index in [1.165, 1.54) is 32.0 Å². The van der Waals surface area contributed by atoms with Crippen LogP contribution in [0.1, 0.15) is 32.1 Å². The van der Waals surface area contributed by atoms with Crippen molar-refractivity contribution in [1.29, 1.82) is 0 Å². The maximum atomic E-state index is 13.3. The van der Waals surface area contributed by atoms with Gasteiger partial charge in [0.15, 0.2) is 11.5 Å². The molecule has 3 aromatic rings. The topological polar surface area (TPSA) is 109 Å². The van der Waals surface area contributed by atoms with Crippen LogP contribution >= 0.6 is 0 Å². The summed E-state index contributed by atoms with van der Waals surface area (Å²) in [5.74, 6) is 0.256. The first kappa shape index (κ1) is 24.8. The maximum Gasteiger partial charge on any atom is 0.343 e. The zero-order valence-corrected chi connectivity index (χ0v) is 20.4. The van der Waals surface area contributed by atoms with Crippen molar-refractivity contribution in [3.8, 4) is 17.2 Å². The van der Waals surface area contributed by atoms with E-state index in [0.29, 0.717) is 35.0 Å². The number of hydrogen-bond donors (Lipinski definition) is 0. The highest BCUT2D eigenvalue weighted by Gasteiger charge is 2.28. The number of hydrogen-bond acceptors (Lipinski definition) is 8. The molecule has 0 unspecified atom stereocenters. The third-order valence-corrected chi connectivity index (χ3v) is 6.00. The predicted molar refractivity (Wildman–Crippen MR) is 130 cm³/mol. The van der Waals surface area contributed by atoms with Gasteiger partial charge in [0.1, 0.15) is 17.9 Å². The molecule has 2 aromatic heterocycles. The minimum Gasteiger partial charge on any atom is -0.493 e. The van der Waals surface area contributed by atoms with Crippen LogP contribution in [0.15, 0.2) is 53.5 Å². The molecular weight excluding hydrogens is 466 g/mol. The summed E-state index contributed by atoms with van der Waals surface area (Å²) in [7, 11) is 4.30. The van der Waals surface area contributed by atoms with Crippen LogP contribution in [0.3, 0.4) is 0 Å². The minimum absolute atomic E-state index is 0.0810. The Hall–Kier alpha value is -4.34. The maximum absolute atomic E-state index is 13.3. The summed E-state index contributed by atoms with van der Waals surface area (Å²) in [5, 5.41) is 0. The van der Waals surface area contributed by atoms with E-state index in [1.54, 1.807) is 41.4 Å². The lowest BCUT2D eigenvalue weighted by molar-refractivity contribution is 0.0592. The second kappa shape index (κ2) is 10.9. The average Bonchev–Trinajstić information content (AvgIpc) is 3.15. The van der Waals surface area contributed by atoms with Gasteiger partial charge >= 0.3 is 5.97 Å². The van der Waals surface area contributed by atoms with Crippen LogP contribution in [-0.4, -0.2) is 60.7 Å². The summed E-state index contributed by atoms with van der Waals surface area (Å²) in [6.45, 7) is 0.879. The molecule has 0 radical (unpaired) electrons. The lowest BCUT2D eigenvalue weighted by Gasteiger charge is -2.20. The fourth-order valence-corrected chi connectivity index (χ4v) is 4.18. The number of carbonyl (C=O) groups excluding carboxylic acids is 2. The molecule has 1 aromatic carbocycles. The van der Waals surface area contributed by atoms with E-state index in [4.69, 9.17) is 18.9 Å². The number of carbonyl (C=O) groups is 2. The Balaban J connectivity index is 1.62. The number of esters is 1. The van der Waals surface area contributed by atoms with Gasteiger partial charge in [-0.2, -0.15) is 0 Å². The van der Waals surface area contributed by atoms with Crippen molar-refractivity contribution in [2.75, 3.05) is 34.4 Å². The van der Waals surface area contributed by atoms with Crippen molar-refractivity contribution in [3.63, 3.8) is 0 Å². The predicted octanol–water partition coefficient (Wildman–Crippen LogP) is 2.32. The second-order valence-corrected chi connectivity index (χ2v) is 8.03. The van der Waals surface area contributed by atoms with Gasteiger partial charge in [0.2, 0.25) is 0 Å². The van der Waals surface area contributed by atoms with Crippen molar-refractivity contribution in [1.82, 2.24) is 14.5 Å². The van der Waals surface area contributed by atoms with E-state index in [-0.39, 0.29) is 48.9 Å². The number of aromatic nitrogens is 2. The molecule has 0 atom stereocenters. The lowest BCUT2D eigenvalue weighted by Crippen LogP contribution is -2.34. The number of rotatable bonds is 7. The Morgan fingerprint density at radius 3 is 2.44 bits per heavy atom. The number of ether oxygens (including phenoxy) is 4. The fraction of sp³-hybridized carbons (Fsp3) is 0.308. The summed E-state index contributed by atoms with van der Waals surface area (Å²) >= 11 is 0. The highest BCUT2D eigenvalue weighted by molar-refractivity contribution is 5.95. The normalized spacial score (nSPS) is 12.8. The molecule has 0 saturated heterocycles. The number of amides is 1. The molecule has 188 valence electrons. The van der Waals surface area contributed by atoms with Crippen LogP contribution in [0.25, 0.3) is 0 Å². The molecule has 0 aliphatic carbocycles. The number of nitrogens with zero attached hydrogens (tertiary/aromatic N) is 3. The standard InChI is InChI=1S/C26H27N3O7/c1-33-20-8-7-17(14-21(20)34-2)25(31)28-11-9-19-24(26(32)35-3)22(15-23(30)29(19)13-12-28)36-16-18-6-4-5-10-27-18/h4-8,10,14-15H,9,11-13,16H2,1-3H3. The largest absolute Gasteiger partial charge is 0.493 e. The summed E-state index contributed by atoms with van der Waals surface area (Å²) in [4.78, 5) is 44.9. The van der Waals surface area contributed by atoms with Crippen LogP contribution in [0.5, 0.6) is 17.2 Å². The van der Waals surface area contributed by atoms with Gasteiger partial charge < -0.3 is 28.4 Å². The van der Waals surface area contributed by atoms with Gasteiger partial charge in [0, 0.05) is 49.6 Å². The molecule has 1 amide bonds. The number of benzene rings is 1. The molecule has 0 bridgehead atoms.